The molecule has 1 saturated heterocycles. The number of amides is 1. The van der Waals surface area contributed by atoms with Gasteiger partial charge in [-0.25, -0.2) is 9.38 Å². The molecule has 0 aliphatic carbocycles. The number of rotatable bonds is 5. The first-order valence-electron chi connectivity index (χ1n) is 9.29. The zero-order valence-electron chi connectivity index (χ0n) is 16.2. The van der Waals surface area contributed by atoms with Gasteiger partial charge in [0.15, 0.2) is 10.9 Å². The Morgan fingerprint density at radius 1 is 1.06 bits per heavy atom. The van der Waals surface area contributed by atoms with Crippen LogP contribution in [0.4, 0.5) is 10.1 Å². The first-order valence-corrected chi connectivity index (χ1v) is 11.9. The van der Waals surface area contributed by atoms with E-state index in [-0.39, 0.29) is 11.7 Å². The summed E-state index contributed by atoms with van der Waals surface area (Å²) < 4.78 is 20.0. The lowest BCUT2D eigenvalue weighted by molar-refractivity contribution is -0.115. The molecule has 162 valence electrons. The Morgan fingerprint density at radius 2 is 1.72 bits per heavy atom. The molecule has 0 saturated carbocycles. The van der Waals surface area contributed by atoms with E-state index in [0.717, 1.165) is 9.13 Å². The fraction of sp³-hybridized carbons (Fsp3) is 0.0435. The third kappa shape index (κ3) is 5.83. The molecule has 9 heteroatoms. The molecule has 0 radical (unpaired) electrons. The van der Waals surface area contributed by atoms with Crippen LogP contribution in [0, 0.1) is 9.39 Å². The average molecular weight is 599 g/mol. The van der Waals surface area contributed by atoms with E-state index in [1.54, 1.807) is 18.2 Å². The molecule has 1 N–H and O–H groups in total. The van der Waals surface area contributed by atoms with Crippen LogP contribution in [0.5, 0.6) is 5.75 Å². The van der Waals surface area contributed by atoms with Crippen LogP contribution in [-0.2, 0) is 11.4 Å². The number of ether oxygens (including phenoxy) is 1. The molecule has 1 aliphatic heterocycles. The molecule has 1 fully saturated rings. The van der Waals surface area contributed by atoms with Gasteiger partial charge < -0.3 is 10.1 Å². The van der Waals surface area contributed by atoms with Crippen molar-refractivity contribution in [2.45, 2.75) is 6.61 Å². The van der Waals surface area contributed by atoms with E-state index >= 15 is 0 Å². The average Bonchev–Trinajstić information content (AvgIpc) is 3.09. The smallest absolute Gasteiger partial charge is 0.264 e. The number of nitrogens with one attached hydrogen (secondary N) is 1. The van der Waals surface area contributed by atoms with Crippen LogP contribution >= 0.6 is 57.6 Å². The molecule has 4 nitrogen and oxygen atoms in total. The minimum Gasteiger partial charge on any atom is -0.486 e. The molecule has 0 spiro atoms. The summed E-state index contributed by atoms with van der Waals surface area (Å²) in [6, 6.07) is 17.0. The Bertz CT molecular complexity index is 1210. The van der Waals surface area contributed by atoms with Gasteiger partial charge in [-0.15, -0.1) is 0 Å². The molecule has 1 amide bonds. The minimum absolute atomic E-state index is 0.290. The molecule has 1 heterocycles. The van der Waals surface area contributed by atoms with Gasteiger partial charge in [0, 0.05) is 3.57 Å². The van der Waals surface area contributed by atoms with Crippen molar-refractivity contribution in [3.8, 4) is 5.75 Å². The molecule has 0 aromatic heterocycles. The largest absolute Gasteiger partial charge is 0.486 e. The van der Waals surface area contributed by atoms with E-state index in [9.17, 15) is 9.18 Å². The summed E-state index contributed by atoms with van der Waals surface area (Å²) in [7, 11) is 0. The maximum atomic E-state index is 13.0. The lowest BCUT2D eigenvalue weighted by Crippen LogP contribution is -2.19. The van der Waals surface area contributed by atoms with Crippen LogP contribution in [0.3, 0.4) is 0 Å². The number of carbonyl (C=O) groups is 1. The van der Waals surface area contributed by atoms with Gasteiger partial charge >= 0.3 is 0 Å². The second-order valence-electron chi connectivity index (χ2n) is 6.69. The second-order valence-corrected chi connectivity index (χ2v) is 9.78. The summed E-state index contributed by atoms with van der Waals surface area (Å²) in [6.45, 7) is 0.332. The van der Waals surface area contributed by atoms with Gasteiger partial charge in [0.25, 0.3) is 5.91 Å². The van der Waals surface area contributed by atoms with Gasteiger partial charge in [0.05, 0.1) is 20.6 Å². The summed E-state index contributed by atoms with van der Waals surface area (Å²) in [5.41, 5.74) is 2.19. The van der Waals surface area contributed by atoms with Crippen LogP contribution < -0.4 is 10.1 Å². The number of benzene rings is 3. The van der Waals surface area contributed by atoms with Gasteiger partial charge in [-0.2, -0.15) is 0 Å². The molecule has 32 heavy (non-hydrogen) atoms. The number of halogens is 4. The number of hydrogen-bond donors (Lipinski definition) is 1. The van der Waals surface area contributed by atoms with Gasteiger partial charge in [-0.3, -0.25) is 4.79 Å². The molecule has 0 bridgehead atoms. The third-order valence-corrected chi connectivity index (χ3v) is 6.51. The fourth-order valence-corrected chi connectivity index (χ4v) is 4.62. The Hall–Kier alpha value is -2.07. The molecular formula is C23H14Cl2FIN2O2S. The maximum Gasteiger partial charge on any atom is 0.264 e. The minimum atomic E-state index is -0.350. The van der Waals surface area contributed by atoms with Crippen molar-refractivity contribution in [2.24, 2.45) is 4.99 Å². The van der Waals surface area contributed by atoms with Crippen molar-refractivity contribution in [3.05, 3.63) is 96.1 Å². The molecule has 0 unspecified atom stereocenters. The highest BCUT2D eigenvalue weighted by atomic mass is 127. The van der Waals surface area contributed by atoms with E-state index in [1.165, 1.54) is 36.0 Å². The van der Waals surface area contributed by atoms with Crippen LogP contribution in [0.25, 0.3) is 6.08 Å². The highest BCUT2D eigenvalue weighted by Gasteiger charge is 2.24. The number of aliphatic imine (C=N–C) groups is 1. The molecule has 1 aliphatic rings. The number of amidine groups is 1. The van der Waals surface area contributed by atoms with Crippen molar-refractivity contribution >= 4 is 80.4 Å². The Kier molecular flexibility index (Phi) is 7.40. The van der Waals surface area contributed by atoms with E-state index in [4.69, 9.17) is 27.9 Å². The van der Waals surface area contributed by atoms with E-state index < -0.39 is 0 Å². The van der Waals surface area contributed by atoms with E-state index in [1.807, 2.05) is 24.3 Å². The third-order valence-electron chi connectivity index (χ3n) is 4.32. The van der Waals surface area contributed by atoms with Crippen molar-refractivity contribution in [1.82, 2.24) is 5.32 Å². The van der Waals surface area contributed by atoms with Crippen LogP contribution in [0.15, 0.2) is 70.6 Å². The topological polar surface area (TPSA) is 50.7 Å². The number of nitrogens with zero attached hydrogens (tertiary/aromatic N) is 1. The normalized spacial score (nSPS) is 15.9. The molecular weight excluding hydrogens is 585 g/mol. The zero-order chi connectivity index (χ0) is 22.7. The molecule has 4 rings (SSSR count). The van der Waals surface area contributed by atoms with Crippen molar-refractivity contribution in [3.63, 3.8) is 0 Å². The van der Waals surface area contributed by atoms with E-state index in [2.05, 4.69) is 32.9 Å². The van der Waals surface area contributed by atoms with Gasteiger partial charge in [0.1, 0.15) is 12.4 Å². The van der Waals surface area contributed by atoms with Crippen molar-refractivity contribution < 1.29 is 13.9 Å². The lowest BCUT2D eigenvalue weighted by Gasteiger charge is -2.11. The van der Waals surface area contributed by atoms with Crippen LogP contribution in [0.2, 0.25) is 10.0 Å². The monoisotopic (exact) mass is 598 g/mol. The first kappa shape index (κ1) is 23.1. The summed E-state index contributed by atoms with van der Waals surface area (Å²) in [4.78, 5) is 17.1. The van der Waals surface area contributed by atoms with Crippen LogP contribution in [0.1, 0.15) is 11.1 Å². The van der Waals surface area contributed by atoms with Gasteiger partial charge in [-0.1, -0.05) is 35.3 Å². The maximum absolute atomic E-state index is 13.0. The van der Waals surface area contributed by atoms with Crippen molar-refractivity contribution in [2.75, 3.05) is 0 Å². The second kappa shape index (κ2) is 10.2. The number of thioether (sulfide) groups is 1. The summed E-state index contributed by atoms with van der Waals surface area (Å²) in [6.07, 6.45) is 1.67. The fourth-order valence-electron chi connectivity index (χ4n) is 2.80. The highest BCUT2D eigenvalue weighted by Crippen LogP contribution is 2.37. The standard InChI is InChI=1S/C23H14Cl2FIN2O2S/c24-18-9-14(10-19(25)21(18)31-12-13-1-5-16(27)6-2-13)11-20-22(30)29-23(32-20)28-17-7-3-15(26)4-8-17/h1-11H,12H2,(H,28,29,30)/b20-11+. The summed E-state index contributed by atoms with van der Waals surface area (Å²) >= 11 is 16.2. The van der Waals surface area contributed by atoms with Crippen LogP contribution in [-0.4, -0.2) is 11.1 Å². The lowest BCUT2D eigenvalue weighted by atomic mass is 10.2. The summed E-state index contributed by atoms with van der Waals surface area (Å²) in [5.74, 6) is -0.254. The predicted molar refractivity (Wildman–Crippen MR) is 137 cm³/mol. The Morgan fingerprint density at radius 3 is 2.38 bits per heavy atom. The van der Waals surface area contributed by atoms with Gasteiger partial charge in [0.2, 0.25) is 0 Å². The quantitative estimate of drug-likeness (QED) is 0.249. The SMILES string of the molecule is O=C1NC(=Nc2ccc(F)cc2)S/C1=C/c1cc(Cl)c(OCc2ccc(I)cc2)c(Cl)c1. The Labute approximate surface area is 212 Å². The zero-order valence-corrected chi connectivity index (χ0v) is 20.7. The highest BCUT2D eigenvalue weighted by molar-refractivity contribution is 14.1. The predicted octanol–water partition coefficient (Wildman–Crippen LogP) is 7.21. The van der Waals surface area contributed by atoms with Crippen molar-refractivity contribution in [1.29, 1.82) is 0 Å². The number of carbonyl (C=O) groups excluding carboxylic acids is 1. The molecule has 3 aromatic carbocycles. The Balaban J connectivity index is 1.49. The summed E-state index contributed by atoms with van der Waals surface area (Å²) in [5, 5.41) is 3.79. The molecule has 3 aromatic rings. The number of hydrogen-bond acceptors (Lipinski definition) is 4. The molecule has 0 atom stereocenters. The van der Waals surface area contributed by atoms with E-state index in [0.29, 0.717) is 43.7 Å². The first-order chi connectivity index (χ1) is 15.4. The van der Waals surface area contributed by atoms with Gasteiger partial charge in [-0.05, 0) is 100 Å².